The minimum absolute atomic E-state index is 0.0360. The van der Waals surface area contributed by atoms with Gasteiger partial charge < -0.3 is 19.5 Å². The van der Waals surface area contributed by atoms with Crippen LogP contribution in [0.2, 0.25) is 0 Å². The summed E-state index contributed by atoms with van der Waals surface area (Å²) in [7, 11) is 0. The zero-order valence-electron chi connectivity index (χ0n) is 18.9. The third-order valence-corrected chi connectivity index (χ3v) is 7.01. The summed E-state index contributed by atoms with van der Waals surface area (Å²) in [6, 6.07) is 10.4. The van der Waals surface area contributed by atoms with E-state index < -0.39 is 0 Å². The van der Waals surface area contributed by atoms with Gasteiger partial charge >= 0.3 is 0 Å². The van der Waals surface area contributed by atoms with Crippen molar-refractivity contribution < 1.29 is 14.3 Å². The van der Waals surface area contributed by atoms with E-state index >= 15 is 0 Å². The van der Waals surface area contributed by atoms with Crippen LogP contribution in [0.5, 0.6) is 0 Å². The highest BCUT2D eigenvalue weighted by Gasteiger charge is 2.44. The van der Waals surface area contributed by atoms with Crippen LogP contribution < -0.4 is 5.32 Å². The molecule has 3 aliphatic heterocycles. The number of carbonyl (C=O) groups excluding carboxylic acids is 2. The molecule has 2 bridgehead atoms. The molecule has 1 N–H and O–H groups in total. The number of ether oxygens (including phenoxy) is 1. The minimum atomic E-state index is -0.133. The van der Waals surface area contributed by atoms with E-state index in [0.29, 0.717) is 31.9 Å². The Morgan fingerprint density at radius 2 is 1.78 bits per heavy atom. The monoisotopic (exact) mass is 436 g/mol. The molecule has 0 radical (unpaired) electrons. The van der Waals surface area contributed by atoms with Crippen LogP contribution >= 0.6 is 0 Å². The lowest BCUT2D eigenvalue weighted by Crippen LogP contribution is -2.46. The van der Waals surface area contributed by atoms with Crippen molar-refractivity contribution in [3.05, 3.63) is 41.7 Å². The number of amides is 2. The van der Waals surface area contributed by atoms with Gasteiger partial charge in [0.05, 0.1) is 11.7 Å². The molecule has 3 aliphatic rings. The normalized spacial score (nSPS) is 23.2. The van der Waals surface area contributed by atoms with Crippen molar-refractivity contribution in [1.29, 1.82) is 0 Å². The van der Waals surface area contributed by atoms with Crippen LogP contribution in [-0.2, 0) is 22.5 Å². The van der Waals surface area contributed by atoms with Crippen molar-refractivity contribution in [2.24, 2.45) is 5.92 Å². The summed E-state index contributed by atoms with van der Waals surface area (Å²) >= 11 is 0. The second kappa shape index (κ2) is 8.70. The van der Waals surface area contributed by atoms with Gasteiger partial charge in [-0.15, -0.1) is 0 Å². The third kappa shape index (κ3) is 3.83. The molecule has 7 nitrogen and oxygen atoms in total. The summed E-state index contributed by atoms with van der Waals surface area (Å²) in [5.41, 5.74) is 2.46. The first kappa shape index (κ1) is 21.2. The lowest BCUT2D eigenvalue weighted by Gasteiger charge is -2.33. The molecule has 0 saturated carbocycles. The summed E-state index contributed by atoms with van der Waals surface area (Å²) in [6.45, 7) is 5.94. The Bertz CT molecular complexity index is 994. The molecule has 2 atom stereocenters. The standard InChI is InChI=1S/C25H32N4O3/c1-16(2)26-24(30)22-21-14-19-8-9-20(29(19)25(31)18-10-12-32-13-11-18)15-28(21)23(27-22)17-6-4-3-5-7-17/h3-7,16,18-20H,8-15H2,1-2H3,(H,26,30)/t19-,20+/m0/s1. The first-order valence-electron chi connectivity index (χ1n) is 11.9. The van der Waals surface area contributed by atoms with Crippen molar-refractivity contribution in [3.63, 3.8) is 0 Å². The van der Waals surface area contributed by atoms with Gasteiger partial charge in [-0.25, -0.2) is 4.98 Å². The van der Waals surface area contributed by atoms with E-state index in [4.69, 9.17) is 9.72 Å². The van der Waals surface area contributed by atoms with Crippen LogP contribution in [0.3, 0.4) is 0 Å². The number of fused-ring (bicyclic) bond motifs is 3. The maximum atomic E-state index is 13.5. The Morgan fingerprint density at radius 3 is 2.50 bits per heavy atom. The van der Waals surface area contributed by atoms with Crippen LogP contribution in [0.15, 0.2) is 30.3 Å². The highest BCUT2D eigenvalue weighted by molar-refractivity contribution is 5.94. The van der Waals surface area contributed by atoms with Crippen LogP contribution in [0.1, 0.15) is 55.7 Å². The molecular weight excluding hydrogens is 404 g/mol. The second-order valence-electron chi connectivity index (χ2n) is 9.56. The molecule has 0 spiro atoms. The van der Waals surface area contributed by atoms with Crippen molar-refractivity contribution in [1.82, 2.24) is 19.8 Å². The summed E-state index contributed by atoms with van der Waals surface area (Å²) < 4.78 is 7.69. The molecule has 7 heteroatoms. The number of aromatic nitrogens is 2. The first-order chi connectivity index (χ1) is 15.5. The van der Waals surface area contributed by atoms with Crippen molar-refractivity contribution in [3.8, 4) is 11.4 Å². The Morgan fingerprint density at radius 1 is 1.06 bits per heavy atom. The van der Waals surface area contributed by atoms with E-state index in [0.717, 1.165) is 42.8 Å². The predicted octanol–water partition coefficient (Wildman–Crippen LogP) is 3.03. The summed E-state index contributed by atoms with van der Waals surface area (Å²) in [6.07, 6.45) is 4.27. The highest BCUT2D eigenvalue weighted by atomic mass is 16.5. The van der Waals surface area contributed by atoms with Gasteiger partial charge in [0.2, 0.25) is 5.91 Å². The fourth-order valence-electron chi connectivity index (χ4n) is 5.50. The fraction of sp³-hybridized carbons (Fsp3) is 0.560. The molecule has 2 aromatic rings. The average Bonchev–Trinajstić information content (AvgIpc) is 3.30. The molecule has 2 fully saturated rings. The number of hydrogen-bond donors (Lipinski definition) is 1. The number of benzene rings is 1. The SMILES string of the molecule is CC(C)NC(=O)c1nc(-c2ccccc2)n2c1C[C@@H]1CC[C@H](C2)N1C(=O)C1CCOCC1. The smallest absolute Gasteiger partial charge is 0.271 e. The van der Waals surface area contributed by atoms with Crippen molar-refractivity contribution in [2.75, 3.05) is 13.2 Å². The molecule has 170 valence electrons. The molecule has 0 aliphatic carbocycles. The number of imidazole rings is 1. The third-order valence-electron chi connectivity index (χ3n) is 7.01. The zero-order valence-corrected chi connectivity index (χ0v) is 18.9. The quantitative estimate of drug-likeness (QED) is 0.799. The van der Waals surface area contributed by atoms with Crippen LogP contribution in [0.25, 0.3) is 11.4 Å². The maximum absolute atomic E-state index is 13.5. The Labute approximate surface area is 189 Å². The summed E-state index contributed by atoms with van der Waals surface area (Å²) in [5, 5.41) is 3.01. The largest absolute Gasteiger partial charge is 0.381 e. The van der Waals surface area contributed by atoms with Gasteiger partial charge in [-0.1, -0.05) is 30.3 Å². The maximum Gasteiger partial charge on any atom is 0.271 e. The van der Waals surface area contributed by atoms with E-state index in [-0.39, 0.29) is 35.9 Å². The van der Waals surface area contributed by atoms with Crippen LogP contribution in [0.4, 0.5) is 0 Å². The molecule has 5 rings (SSSR count). The molecule has 1 aromatic carbocycles. The van der Waals surface area contributed by atoms with E-state index in [1.165, 1.54) is 0 Å². The highest BCUT2D eigenvalue weighted by Crippen LogP contribution is 2.37. The summed E-state index contributed by atoms with van der Waals surface area (Å²) in [5.74, 6) is 1.01. The van der Waals surface area contributed by atoms with Gasteiger partial charge in [0.15, 0.2) is 0 Å². The predicted molar refractivity (Wildman–Crippen MR) is 121 cm³/mol. The zero-order chi connectivity index (χ0) is 22.2. The Kier molecular flexibility index (Phi) is 5.76. The molecule has 0 unspecified atom stereocenters. The van der Waals surface area contributed by atoms with Crippen molar-refractivity contribution >= 4 is 11.8 Å². The van der Waals surface area contributed by atoms with E-state index in [9.17, 15) is 9.59 Å². The van der Waals surface area contributed by atoms with Gasteiger partial charge in [-0.05, 0) is 39.5 Å². The number of rotatable bonds is 4. The van der Waals surface area contributed by atoms with Crippen molar-refractivity contribution in [2.45, 2.75) is 70.6 Å². The van der Waals surface area contributed by atoms with Gasteiger partial charge in [0, 0.05) is 49.7 Å². The lowest BCUT2D eigenvalue weighted by molar-refractivity contribution is -0.141. The van der Waals surface area contributed by atoms with E-state index in [1.54, 1.807) is 0 Å². The van der Waals surface area contributed by atoms with Crippen LogP contribution in [-0.4, -0.2) is 57.6 Å². The van der Waals surface area contributed by atoms with Gasteiger partial charge in [-0.2, -0.15) is 0 Å². The molecule has 2 amide bonds. The number of nitrogens with one attached hydrogen (secondary N) is 1. The molecule has 1 aromatic heterocycles. The fourth-order valence-corrected chi connectivity index (χ4v) is 5.50. The molecule has 4 heterocycles. The van der Waals surface area contributed by atoms with Gasteiger partial charge in [0.25, 0.3) is 5.91 Å². The number of nitrogens with zero attached hydrogens (tertiary/aromatic N) is 3. The summed E-state index contributed by atoms with van der Waals surface area (Å²) in [4.78, 5) is 33.6. The Balaban J connectivity index is 1.52. The molecule has 32 heavy (non-hydrogen) atoms. The second-order valence-corrected chi connectivity index (χ2v) is 9.56. The Hall–Kier alpha value is -2.67. The molecule has 2 saturated heterocycles. The van der Waals surface area contributed by atoms with Gasteiger partial charge in [-0.3, -0.25) is 9.59 Å². The van der Waals surface area contributed by atoms with E-state index in [1.807, 2.05) is 44.2 Å². The number of carbonyl (C=O) groups is 2. The topological polar surface area (TPSA) is 76.5 Å². The average molecular weight is 437 g/mol. The molecular formula is C25H32N4O3. The van der Waals surface area contributed by atoms with E-state index in [2.05, 4.69) is 14.8 Å². The van der Waals surface area contributed by atoms with Crippen LogP contribution in [0, 0.1) is 5.92 Å². The number of hydrogen-bond acceptors (Lipinski definition) is 4. The lowest BCUT2D eigenvalue weighted by atomic mass is 9.97. The minimum Gasteiger partial charge on any atom is -0.381 e. The first-order valence-corrected chi connectivity index (χ1v) is 11.9. The van der Waals surface area contributed by atoms with Gasteiger partial charge in [0.1, 0.15) is 11.5 Å².